The first-order chi connectivity index (χ1) is 16.9. The molecule has 184 valence electrons. The number of nitrogens with one attached hydrogen (secondary N) is 1. The summed E-state index contributed by atoms with van der Waals surface area (Å²) in [6.07, 6.45) is 2.28. The standard InChI is InChI=1S/C29H32Cl2N2O2/c1-3-21-10-12-22(13-11-21)14-17-28(34)33(20-24-15-16-25(30)19-26(24)31)27(29(35)32-4-2)18-23-8-6-5-7-9-23/h5-13,15-16,19,27H,3-4,14,17-18,20H2,1-2H3,(H,32,35). The van der Waals surface area contributed by atoms with Crippen LogP contribution in [-0.4, -0.2) is 29.3 Å². The van der Waals surface area contributed by atoms with Crippen LogP contribution in [0.5, 0.6) is 0 Å². The van der Waals surface area contributed by atoms with Gasteiger partial charge in [0.15, 0.2) is 0 Å². The predicted molar refractivity (Wildman–Crippen MR) is 144 cm³/mol. The Bertz CT molecular complexity index is 1120. The molecule has 0 saturated heterocycles. The van der Waals surface area contributed by atoms with Crippen molar-refractivity contribution in [2.24, 2.45) is 0 Å². The third-order valence-corrected chi connectivity index (χ3v) is 6.62. The van der Waals surface area contributed by atoms with Crippen LogP contribution >= 0.6 is 23.2 Å². The zero-order valence-corrected chi connectivity index (χ0v) is 21.8. The number of nitrogens with zero attached hydrogens (tertiary/aromatic N) is 1. The zero-order valence-electron chi connectivity index (χ0n) is 20.3. The summed E-state index contributed by atoms with van der Waals surface area (Å²) < 4.78 is 0. The van der Waals surface area contributed by atoms with Gasteiger partial charge in [-0.15, -0.1) is 0 Å². The summed E-state index contributed by atoms with van der Waals surface area (Å²) in [5, 5.41) is 3.91. The molecule has 3 aromatic carbocycles. The third kappa shape index (κ3) is 7.84. The lowest BCUT2D eigenvalue weighted by atomic mass is 10.0. The number of likely N-dealkylation sites (N-methyl/N-ethyl adjacent to an activating group) is 1. The number of halogens is 2. The predicted octanol–water partition coefficient (Wildman–Crippen LogP) is 6.26. The Morgan fingerprint density at radius 2 is 1.57 bits per heavy atom. The van der Waals surface area contributed by atoms with Crippen LogP contribution in [-0.2, 0) is 35.4 Å². The van der Waals surface area contributed by atoms with Crippen molar-refractivity contribution in [1.82, 2.24) is 10.2 Å². The molecule has 0 spiro atoms. The Hall–Kier alpha value is -2.82. The van der Waals surface area contributed by atoms with Crippen molar-refractivity contribution < 1.29 is 9.59 Å². The summed E-state index contributed by atoms with van der Waals surface area (Å²) in [4.78, 5) is 28.5. The Balaban J connectivity index is 1.89. The maximum absolute atomic E-state index is 13.6. The number of hydrogen-bond donors (Lipinski definition) is 1. The van der Waals surface area contributed by atoms with Crippen molar-refractivity contribution in [3.63, 3.8) is 0 Å². The molecule has 0 aliphatic carbocycles. The molecule has 1 N–H and O–H groups in total. The van der Waals surface area contributed by atoms with Gasteiger partial charge in [-0.05, 0) is 54.2 Å². The van der Waals surface area contributed by atoms with Gasteiger partial charge in [-0.2, -0.15) is 0 Å². The minimum absolute atomic E-state index is 0.0947. The lowest BCUT2D eigenvalue weighted by Crippen LogP contribution is -2.50. The number of amides is 2. The molecule has 3 aromatic rings. The van der Waals surface area contributed by atoms with Gasteiger partial charge in [0.25, 0.3) is 0 Å². The van der Waals surface area contributed by atoms with Crippen LogP contribution in [0.3, 0.4) is 0 Å². The van der Waals surface area contributed by atoms with Gasteiger partial charge in [0.2, 0.25) is 11.8 Å². The number of carbonyl (C=O) groups excluding carboxylic acids is 2. The van der Waals surface area contributed by atoms with Crippen LogP contribution in [0.1, 0.15) is 42.5 Å². The summed E-state index contributed by atoms with van der Waals surface area (Å²) in [5.74, 6) is -0.273. The minimum Gasteiger partial charge on any atom is -0.355 e. The highest BCUT2D eigenvalue weighted by Gasteiger charge is 2.30. The highest BCUT2D eigenvalue weighted by molar-refractivity contribution is 6.35. The lowest BCUT2D eigenvalue weighted by molar-refractivity contribution is -0.141. The smallest absolute Gasteiger partial charge is 0.243 e. The van der Waals surface area contributed by atoms with Gasteiger partial charge in [-0.25, -0.2) is 0 Å². The average Bonchev–Trinajstić information content (AvgIpc) is 2.87. The second-order valence-corrected chi connectivity index (χ2v) is 9.37. The average molecular weight is 511 g/mol. The number of benzene rings is 3. The van der Waals surface area contributed by atoms with Gasteiger partial charge in [0.1, 0.15) is 6.04 Å². The monoisotopic (exact) mass is 510 g/mol. The van der Waals surface area contributed by atoms with Crippen LogP contribution < -0.4 is 5.32 Å². The Kier molecular flexibility index (Phi) is 10.2. The molecule has 0 aliphatic heterocycles. The Morgan fingerprint density at radius 3 is 2.20 bits per heavy atom. The molecular weight excluding hydrogens is 479 g/mol. The quantitative estimate of drug-likeness (QED) is 0.330. The van der Waals surface area contributed by atoms with Crippen molar-refractivity contribution in [1.29, 1.82) is 0 Å². The van der Waals surface area contributed by atoms with Crippen molar-refractivity contribution >= 4 is 35.0 Å². The molecule has 0 aromatic heterocycles. The molecule has 0 fully saturated rings. The van der Waals surface area contributed by atoms with E-state index in [1.807, 2.05) is 43.3 Å². The van der Waals surface area contributed by atoms with Crippen molar-refractivity contribution in [3.05, 3.63) is 105 Å². The van der Waals surface area contributed by atoms with Crippen LogP contribution in [0.15, 0.2) is 72.8 Å². The molecule has 6 heteroatoms. The largest absolute Gasteiger partial charge is 0.355 e. The van der Waals surface area contributed by atoms with E-state index >= 15 is 0 Å². The second kappa shape index (κ2) is 13.3. The molecule has 3 rings (SSSR count). The van der Waals surface area contributed by atoms with E-state index < -0.39 is 6.04 Å². The first-order valence-electron chi connectivity index (χ1n) is 12.0. The Labute approximate surface area is 218 Å². The van der Waals surface area contributed by atoms with E-state index in [2.05, 4.69) is 36.5 Å². The van der Waals surface area contributed by atoms with Crippen molar-refractivity contribution in [3.8, 4) is 0 Å². The fourth-order valence-electron chi connectivity index (χ4n) is 4.02. The maximum atomic E-state index is 13.6. The molecule has 2 amide bonds. The minimum atomic E-state index is -0.668. The number of carbonyl (C=O) groups is 2. The Morgan fingerprint density at radius 1 is 0.886 bits per heavy atom. The normalized spacial score (nSPS) is 11.7. The summed E-state index contributed by atoms with van der Waals surface area (Å²) in [6, 6.07) is 22.6. The topological polar surface area (TPSA) is 49.4 Å². The summed E-state index contributed by atoms with van der Waals surface area (Å²) in [6.45, 7) is 4.70. The van der Waals surface area contributed by atoms with Gasteiger partial charge in [-0.1, -0.05) is 90.8 Å². The van der Waals surface area contributed by atoms with Crippen molar-refractivity contribution in [2.75, 3.05) is 6.54 Å². The molecule has 0 radical (unpaired) electrons. The zero-order chi connectivity index (χ0) is 25.2. The molecule has 0 saturated carbocycles. The van der Waals surface area contributed by atoms with Crippen molar-refractivity contribution in [2.45, 2.75) is 52.1 Å². The van der Waals surface area contributed by atoms with Gasteiger partial charge in [-0.3, -0.25) is 9.59 Å². The summed E-state index contributed by atoms with van der Waals surface area (Å²) in [7, 11) is 0. The molecule has 0 heterocycles. The van der Waals surface area contributed by atoms with Gasteiger partial charge < -0.3 is 10.2 Å². The van der Waals surface area contributed by atoms with Crippen LogP contribution in [0.25, 0.3) is 0 Å². The van der Waals surface area contributed by atoms with E-state index in [4.69, 9.17) is 23.2 Å². The molecule has 1 atom stereocenters. The molecule has 0 bridgehead atoms. The lowest BCUT2D eigenvalue weighted by Gasteiger charge is -2.32. The SMILES string of the molecule is CCNC(=O)C(Cc1ccccc1)N(Cc1ccc(Cl)cc1Cl)C(=O)CCc1ccc(CC)cc1. The third-order valence-electron chi connectivity index (χ3n) is 6.04. The van der Waals surface area contributed by atoms with E-state index in [0.717, 1.165) is 23.1 Å². The van der Waals surface area contributed by atoms with E-state index in [9.17, 15) is 9.59 Å². The highest BCUT2D eigenvalue weighted by atomic mass is 35.5. The molecule has 1 unspecified atom stereocenters. The fraction of sp³-hybridized carbons (Fsp3) is 0.310. The van der Waals surface area contributed by atoms with E-state index in [1.54, 1.807) is 17.0 Å². The first-order valence-corrected chi connectivity index (χ1v) is 12.8. The molecule has 35 heavy (non-hydrogen) atoms. The van der Waals surface area contributed by atoms with Crippen LogP contribution in [0.2, 0.25) is 10.0 Å². The highest BCUT2D eigenvalue weighted by Crippen LogP contribution is 2.24. The number of aryl methyl sites for hydroxylation is 2. The summed E-state index contributed by atoms with van der Waals surface area (Å²) >= 11 is 12.6. The summed E-state index contributed by atoms with van der Waals surface area (Å²) in [5.41, 5.74) is 4.09. The molecular formula is C29H32Cl2N2O2. The van der Waals surface area contributed by atoms with E-state index in [0.29, 0.717) is 35.9 Å². The van der Waals surface area contributed by atoms with Gasteiger partial charge >= 0.3 is 0 Å². The maximum Gasteiger partial charge on any atom is 0.243 e. The number of rotatable bonds is 11. The fourth-order valence-corrected chi connectivity index (χ4v) is 4.48. The van der Waals surface area contributed by atoms with Crippen LogP contribution in [0, 0.1) is 0 Å². The first kappa shape index (κ1) is 26.8. The van der Waals surface area contributed by atoms with Gasteiger partial charge in [0, 0.05) is 36.0 Å². The second-order valence-electron chi connectivity index (χ2n) is 8.53. The number of hydrogen-bond acceptors (Lipinski definition) is 2. The van der Waals surface area contributed by atoms with E-state index in [-0.39, 0.29) is 18.4 Å². The van der Waals surface area contributed by atoms with Gasteiger partial charge in [0.05, 0.1) is 0 Å². The van der Waals surface area contributed by atoms with E-state index in [1.165, 1.54) is 5.56 Å². The molecule has 0 aliphatic rings. The molecule has 4 nitrogen and oxygen atoms in total. The van der Waals surface area contributed by atoms with Crippen LogP contribution in [0.4, 0.5) is 0 Å².